The maximum absolute atomic E-state index is 13.7. The van der Waals surface area contributed by atoms with Crippen molar-refractivity contribution in [2.24, 2.45) is 0 Å². The molecule has 1 saturated heterocycles. The Kier molecular flexibility index (Phi) is 4.88. The predicted molar refractivity (Wildman–Crippen MR) is 103 cm³/mol. The van der Waals surface area contributed by atoms with Crippen LogP contribution in [0.5, 0.6) is 0 Å². The Morgan fingerprint density at radius 2 is 2.15 bits per heavy atom. The zero-order valence-corrected chi connectivity index (χ0v) is 15.9. The minimum Gasteiger partial charge on any atom is -0.339 e. The normalized spacial score (nSPS) is 16.9. The van der Waals surface area contributed by atoms with E-state index in [1.165, 1.54) is 12.1 Å². The lowest BCUT2D eigenvalue weighted by atomic mass is 10.1. The van der Waals surface area contributed by atoms with Crippen LogP contribution in [0, 0.1) is 5.82 Å². The molecular formula is C19H15ClFN3O2S. The number of hydrogen-bond acceptors (Lipinski definition) is 5. The second kappa shape index (κ2) is 7.32. The highest BCUT2D eigenvalue weighted by molar-refractivity contribution is 7.98. The van der Waals surface area contributed by atoms with E-state index < -0.39 is 5.82 Å². The van der Waals surface area contributed by atoms with Crippen LogP contribution >= 0.6 is 23.4 Å². The summed E-state index contributed by atoms with van der Waals surface area (Å²) in [5, 5.41) is 3.96. The maximum atomic E-state index is 13.7. The molecule has 0 saturated carbocycles. The van der Waals surface area contributed by atoms with E-state index in [9.17, 15) is 9.18 Å². The molecule has 0 spiro atoms. The number of halogens is 2. The summed E-state index contributed by atoms with van der Waals surface area (Å²) in [6.45, 7) is 0.466. The Hall–Kier alpha value is -2.38. The van der Waals surface area contributed by atoms with Crippen LogP contribution in [0.15, 0.2) is 51.9 Å². The van der Waals surface area contributed by atoms with Crippen LogP contribution in [0.2, 0.25) is 5.02 Å². The number of hydrogen-bond donors (Lipinski definition) is 0. The van der Waals surface area contributed by atoms with Crippen molar-refractivity contribution in [3.05, 3.63) is 59.2 Å². The van der Waals surface area contributed by atoms with Crippen LogP contribution in [-0.2, 0) is 4.79 Å². The number of nitrogens with zero attached hydrogens (tertiary/aromatic N) is 3. The maximum Gasteiger partial charge on any atom is 0.232 e. The van der Waals surface area contributed by atoms with Gasteiger partial charge in [0.05, 0.1) is 10.9 Å². The Morgan fingerprint density at radius 3 is 2.93 bits per heavy atom. The molecule has 0 N–H and O–H groups in total. The van der Waals surface area contributed by atoms with Crippen molar-refractivity contribution in [2.75, 3.05) is 17.7 Å². The molecule has 1 atom stereocenters. The summed E-state index contributed by atoms with van der Waals surface area (Å²) in [5.41, 5.74) is 1.33. The van der Waals surface area contributed by atoms with E-state index in [0.717, 1.165) is 10.6 Å². The molecule has 0 bridgehead atoms. The molecule has 27 heavy (non-hydrogen) atoms. The lowest BCUT2D eigenvalue weighted by Crippen LogP contribution is -2.24. The molecular weight excluding hydrogens is 389 g/mol. The SMILES string of the molecule is CSc1cccc(N2CC(c3nc(-c4ccc(Cl)c(F)c4)no3)CC2=O)c1. The number of benzene rings is 2. The number of amides is 1. The number of rotatable bonds is 4. The van der Waals surface area contributed by atoms with Crippen molar-refractivity contribution in [2.45, 2.75) is 17.2 Å². The van der Waals surface area contributed by atoms with Gasteiger partial charge in [-0.25, -0.2) is 4.39 Å². The van der Waals surface area contributed by atoms with Crippen LogP contribution in [0.1, 0.15) is 18.2 Å². The molecule has 5 nitrogen and oxygen atoms in total. The predicted octanol–water partition coefficient (Wildman–Crippen LogP) is 4.77. The van der Waals surface area contributed by atoms with E-state index in [-0.39, 0.29) is 22.7 Å². The van der Waals surface area contributed by atoms with Gasteiger partial charge < -0.3 is 9.42 Å². The van der Waals surface area contributed by atoms with Gasteiger partial charge in [0.1, 0.15) is 5.82 Å². The molecule has 2 heterocycles. The summed E-state index contributed by atoms with van der Waals surface area (Å²) in [6, 6.07) is 12.2. The van der Waals surface area contributed by atoms with Crippen LogP contribution in [0.4, 0.5) is 10.1 Å². The summed E-state index contributed by atoms with van der Waals surface area (Å²) in [4.78, 5) is 19.7. The second-order valence-corrected chi connectivity index (χ2v) is 7.48. The van der Waals surface area contributed by atoms with Gasteiger partial charge >= 0.3 is 0 Å². The van der Waals surface area contributed by atoms with E-state index in [1.54, 1.807) is 22.7 Å². The monoisotopic (exact) mass is 403 g/mol. The summed E-state index contributed by atoms with van der Waals surface area (Å²) >= 11 is 7.33. The van der Waals surface area contributed by atoms with Crippen LogP contribution in [-0.4, -0.2) is 28.8 Å². The summed E-state index contributed by atoms with van der Waals surface area (Å²) in [7, 11) is 0. The van der Waals surface area contributed by atoms with E-state index in [4.69, 9.17) is 16.1 Å². The van der Waals surface area contributed by atoms with Gasteiger partial charge in [0.2, 0.25) is 17.6 Å². The molecule has 0 aliphatic carbocycles. The number of carbonyl (C=O) groups excluding carboxylic acids is 1. The van der Waals surface area contributed by atoms with Crippen molar-refractivity contribution in [3.8, 4) is 11.4 Å². The molecule has 1 unspecified atom stereocenters. The zero-order chi connectivity index (χ0) is 19.0. The van der Waals surface area contributed by atoms with E-state index in [0.29, 0.717) is 24.4 Å². The van der Waals surface area contributed by atoms with Gasteiger partial charge in [0.15, 0.2) is 0 Å². The van der Waals surface area contributed by atoms with Gasteiger partial charge in [-0.1, -0.05) is 22.8 Å². The van der Waals surface area contributed by atoms with Crippen LogP contribution in [0.25, 0.3) is 11.4 Å². The summed E-state index contributed by atoms with van der Waals surface area (Å²) < 4.78 is 19.0. The first-order valence-electron chi connectivity index (χ1n) is 8.28. The first kappa shape index (κ1) is 18.0. The fourth-order valence-corrected chi connectivity index (χ4v) is 3.63. The molecule has 1 fully saturated rings. The topological polar surface area (TPSA) is 59.2 Å². The zero-order valence-electron chi connectivity index (χ0n) is 14.4. The van der Waals surface area contributed by atoms with E-state index in [1.807, 2.05) is 30.5 Å². The highest BCUT2D eigenvalue weighted by Gasteiger charge is 2.35. The Balaban J connectivity index is 1.55. The Labute approximate surface area is 164 Å². The van der Waals surface area contributed by atoms with Crippen LogP contribution in [0.3, 0.4) is 0 Å². The molecule has 4 rings (SSSR count). The van der Waals surface area contributed by atoms with Gasteiger partial charge in [-0.05, 0) is 42.7 Å². The number of thioether (sulfide) groups is 1. The molecule has 8 heteroatoms. The molecule has 0 radical (unpaired) electrons. The smallest absolute Gasteiger partial charge is 0.232 e. The van der Waals surface area contributed by atoms with Gasteiger partial charge in [0, 0.05) is 29.1 Å². The van der Waals surface area contributed by atoms with Crippen molar-refractivity contribution < 1.29 is 13.7 Å². The van der Waals surface area contributed by atoms with Gasteiger partial charge in [-0.15, -0.1) is 11.8 Å². The molecule has 1 aromatic heterocycles. The molecule has 2 aromatic carbocycles. The fraction of sp³-hybridized carbons (Fsp3) is 0.211. The fourth-order valence-electron chi connectivity index (χ4n) is 3.05. The first-order valence-corrected chi connectivity index (χ1v) is 9.89. The highest BCUT2D eigenvalue weighted by Crippen LogP contribution is 2.33. The largest absolute Gasteiger partial charge is 0.339 e. The molecule has 1 amide bonds. The van der Waals surface area contributed by atoms with Crippen molar-refractivity contribution in [3.63, 3.8) is 0 Å². The molecule has 1 aliphatic heterocycles. The summed E-state index contributed by atoms with van der Waals surface area (Å²) in [5.74, 6) is -0.0890. The second-order valence-electron chi connectivity index (χ2n) is 6.19. The van der Waals surface area contributed by atoms with Gasteiger partial charge in [0.25, 0.3) is 0 Å². The lowest BCUT2D eigenvalue weighted by molar-refractivity contribution is -0.117. The van der Waals surface area contributed by atoms with Crippen LogP contribution < -0.4 is 4.90 Å². The third-order valence-electron chi connectivity index (χ3n) is 4.46. The molecule has 3 aromatic rings. The average Bonchev–Trinajstić information content (AvgIpc) is 3.31. The van der Waals surface area contributed by atoms with E-state index in [2.05, 4.69) is 10.1 Å². The molecule has 138 valence electrons. The van der Waals surface area contributed by atoms with Crippen molar-refractivity contribution in [1.29, 1.82) is 0 Å². The highest BCUT2D eigenvalue weighted by atomic mass is 35.5. The average molecular weight is 404 g/mol. The van der Waals surface area contributed by atoms with Crippen molar-refractivity contribution in [1.82, 2.24) is 10.1 Å². The Morgan fingerprint density at radius 1 is 1.30 bits per heavy atom. The number of aromatic nitrogens is 2. The number of carbonyl (C=O) groups is 1. The van der Waals surface area contributed by atoms with Gasteiger partial charge in [-0.3, -0.25) is 4.79 Å². The quantitative estimate of drug-likeness (QED) is 0.587. The lowest BCUT2D eigenvalue weighted by Gasteiger charge is -2.16. The Bertz CT molecular complexity index is 1010. The first-order chi connectivity index (χ1) is 13.0. The molecule has 1 aliphatic rings. The van der Waals surface area contributed by atoms with Crippen molar-refractivity contribution >= 4 is 35.0 Å². The standard InChI is InChI=1S/C19H15ClFN3O2S/c1-27-14-4-2-3-13(9-14)24-10-12(8-17(24)25)19-22-18(23-26-19)11-5-6-15(20)16(21)7-11/h2-7,9,12H,8,10H2,1H3. The van der Waals surface area contributed by atoms with E-state index >= 15 is 0 Å². The number of anilines is 1. The third kappa shape index (κ3) is 3.57. The minimum absolute atomic E-state index is 0.00976. The minimum atomic E-state index is -0.545. The van der Waals surface area contributed by atoms with Gasteiger partial charge in [-0.2, -0.15) is 4.98 Å². The third-order valence-corrected chi connectivity index (χ3v) is 5.49. The summed E-state index contributed by atoms with van der Waals surface area (Å²) in [6.07, 6.45) is 2.29.